The Morgan fingerprint density at radius 3 is 2.53 bits per heavy atom. The molecule has 1 unspecified atom stereocenters. The van der Waals surface area contributed by atoms with Gasteiger partial charge >= 0.3 is 0 Å². The van der Waals surface area contributed by atoms with Gasteiger partial charge in [-0.1, -0.05) is 0 Å². The Balaban J connectivity index is 3.27. The maximum absolute atomic E-state index is 13.5. The SMILES string of the molecule is CNC(=O)C(C)S(=O)(=O)c1ccc(N)cc1F. The Bertz CT molecular complexity index is 542. The number of nitrogens with two attached hydrogens (primary N) is 1. The number of hydrogen-bond acceptors (Lipinski definition) is 4. The summed E-state index contributed by atoms with van der Waals surface area (Å²) >= 11 is 0. The third-order valence-electron chi connectivity index (χ3n) is 2.34. The third-order valence-corrected chi connectivity index (χ3v) is 4.43. The van der Waals surface area contributed by atoms with E-state index in [-0.39, 0.29) is 5.69 Å². The zero-order chi connectivity index (χ0) is 13.2. The summed E-state index contributed by atoms with van der Waals surface area (Å²) in [6, 6.07) is 3.23. The molecule has 0 saturated carbocycles. The predicted molar refractivity (Wildman–Crippen MR) is 61.5 cm³/mol. The Morgan fingerprint density at radius 1 is 1.47 bits per heavy atom. The van der Waals surface area contributed by atoms with Crippen molar-refractivity contribution in [3.05, 3.63) is 24.0 Å². The number of halogens is 1. The van der Waals surface area contributed by atoms with E-state index < -0.39 is 31.7 Å². The van der Waals surface area contributed by atoms with Crippen LogP contribution in [0.4, 0.5) is 10.1 Å². The van der Waals surface area contributed by atoms with E-state index >= 15 is 0 Å². The number of rotatable bonds is 3. The first-order valence-electron chi connectivity index (χ1n) is 4.81. The van der Waals surface area contributed by atoms with Crippen LogP contribution < -0.4 is 11.1 Å². The van der Waals surface area contributed by atoms with Crippen LogP contribution in [0.15, 0.2) is 23.1 Å². The number of amides is 1. The van der Waals surface area contributed by atoms with Gasteiger partial charge in [-0.25, -0.2) is 12.8 Å². The van der Waals surface area contributed by atoms with Gasteiger partial charge in [-0.15, -0.1) is 0 Å². The molecule has 0 radical (unpaired) electrons. The van der Waals surface area contributed by atoms with Gasteiger partial charge in [-0.05, 0) is 25.1 Å². The molecule has 3 N–H and O–H groups in total. The summed E-state index contributed by atoms with van der Waals surface area (Å²) < 4.78 is 37.3. The van der Waals surface area contributed by atoms with Crippen molar-refractivity contribution in [3.8, 4) is 0 Å². The maximum Gasteiger partial charge on any atom is 0.238 e. The molecule has 7 heteroatoms. The number of benzene rings is 1. The van der Waals surface area contributed by atoms with Crippen LogP contribution in [-0.2, 0) is 14.6 Å². The first kappa shape index (κ1) is 13.4. The second-order valence-electron chi connectivity index (χ2n) is 3.49. The Morgan fingerprint density at radius 2 is 2.06 bits per heavy atom. The summed E-state index contributed by atoms with van der Waals surface area (Å²) in [7, 11) is -2.73. The molecule has 0 spiro atoms. The second kappa shape index (κ2) is 4.70. The van der Waals surface area contributed by atoms with Crippen LogP contribution in [0.25, 0.3) is 0 Å². The molecular formula is C10H13FN2O3S. The number of nitrogen functional groups attached to an aromatic ring is 1. The Labute approximate surface area is 98.7 Å². The van der Waals surface area contributed by atoms with Crippen LogP contribution in [0.2, 0.25) is 0 Å². The van der Waals surface area contributed by atoms with E-state index in [1.54, 1.807) is 0 Å². The highest BCUT2D eigenvalue weighted by atomic mass is 32.2. The largest absolute Gasteiger partial charge is 0.399 e. The third kappa shape index (κ3) is 2.55. The lowest BCUT2D eigenvalue weighted by molar-refractivity contribution is -0.119. The number of anilines is 1. The number of nitrogens with one attached hydrogen (secondary N) is 1. The summed E-state index contributed by atoms with van der Waals surface area (Å²) in [5.74, 6) is -1.65. The summed E-state index contributed by atoms with van der Waals surface area (Å²) in [5, 5.41) is 0.850. The Kier molecular flexibility index (Phi) is 3.72. The predicted octanol–water partition coefficient (Wildman–Crippen LogP) is 0.316. The summed E-state index contributed by atoms with van der Waals surface area (Å²) in [6.45, 7) is 1.20. The van der Waals surface area contributed by atoms with Gasteiger partial charge in [0.25, 0.3) is 0 Å². The summed E-state index contributed by atoms with van der Waals surface area (Å²) in [4.78, 5) is 10.7. The molecule has 1 amide bonds. The average Bonchev–Trinajstić information content (AvgIpc) is 2.26. The number of carbonyl (C=O) groups is 1. The van der Waals surface area contributed by atoms with Gasteiger partial charge in [0.05, 0.1) is 0 Å². The number of hydrogen-bond donors (Lipinski definition) is 2. The van der Waals surface area contributed by atoms with E-state index in [4.69, 9.17) is 5.73 Å². The Hall–Kier alpha value is -1.63. The smallest absolute Gasteiger partial charge is 0.238 e. The molecule has 0 aliphatic heterocycles. The minimum Gasteiger partial charge on any atom is -0.399 e. The summed E-state index contributed by atoms with van der Waals surface area (Å²) in [5.41, 5.74) is 5.44. The fourth-order valence-electron chi connectivity index (χ4n) is 1.28. The number of carbonyl (C=O) groups excluding carboxylic acids is 1. The van der Waals surface area contributed by atoms with Gasteiger partial charge in [0.15, 0.2) is 9.84 Å². The highest BCUT2D eigenvalue weighted by molar-refractivity contribution is 7.92. The van der Waals surface area contributed by atoms with Gasteiger partial charge in [-0.3, -0.25) is 4.79 Å². The van der Waals surface area contributed by atoms with Crippen LogP contribution >= 0.6 is 0 Å². The highest BCUT2D eigenvalue weighted by Gasteiger charge is 2.31. The van der Waals surface area contributed by atoms with Crippen molar-refractivity contribution in [1.82, 2.24) is 5.32 Å². The van der Waals surface area contributed by atoms with Crippen molar-refractivity contribution in [3.63, 3.8) is 0 Å². The molecule has 94 valence electrons. The number of sulfone groups is 1. The van der Waals surface area contributed by atoms with Crippen molar-refractivity contribution in [2.75, 3.05) is 12.8 Å². The lowest BCUT2D eigenvalue weighted by Gasteiger charge is -2.12. The fraction of sp³-hybridized carbons (Fsp3) is 0.300. The zero-order valence-electron chi connectivity index (χ0n) is 9.40. The van der Waals surface area contributed by atoms with Crippen LogP contribution in [0.5, 0.6) is 0 Å². The summed E-state index contributed by atoms with van der Waals surface area (Å²) in [6.07, 6.45) is 0. The molecular weight excluding hydrogens is 247 g/mol. The quantitative estimate of drug-likeness (QED) is 0.766. The zero-order valence-corrected chi connectivity index (χ0v) is 10.2. The van der Waals surface area contributed by atoms with Gasteiger partial charge < -0.3 is 11.1 Å². The lowest BCUT2D eigenvalue weighted by Crippen LogP contribution is -2.36. The van der Waals surface area contributed by atoms with Gasteiger partial charge in [-0.2, -0.15) is 0 Å². The molecule has 1 rings (SSSR count). The molecule has 0 aromatic heterocycles. The topological polar surface area (TPSA) is 89.3 Å². The van der Waals surface area contributed by atoms with Crippen molar-refractivity contribution in [2.24, 2.45) is 0 Å². The van der Waals surface area contributed by atoms with E-state index in [9.17, 15) is 17.6 Å². The molecule has 1 atom stereocenters. The first-order chi connectivity index (χ1) is 7.80. The molecule has 0 bridgehead atoms. The van der Waals surface area contributed by atoms with E-state index in [0.717, 1.165) is 12.1 Å². The minimum absolute atomic E-state index is 0.119. The van der Waals surface area contributed by atoms with Crippen molar-refractivity contribution < 1.29 is 17.6 Å². The monoisotopic (exact) mass is 260 g/mol. The van der Waals surface area contributed by atoms with Crippen LogP contribution in [-0.4, -0.2) is 26.6 Å². The molecule has 5 nitrogen and oxygen atoms in total. The van der Waals surface area contributed by atoms with Crippen molar-refractivity contribution in [1.29, 1.82) is 0 Å². The molecule has 0 fully saturated rings. The van der Waals surface area contributed by atoms with E-state index in [1.807, 2.05) is 0 Å². The van der Waals surface area contributed by atoms with E-state index in [1.165, 1.54) is 20.0 Å². The molecule has 0 saturated heterocycles. The molecule has 1 aromatic rings. The maximum atomic E-state index is 13.5. The van der Waals surface area contributed by atoms with Crippen LogP contribution in [0.1, 0.15) is 6.92 Å². The van der Waals surface area contributed by atoms with Crippen molar-refractivity contribution in [2.45, 2.75) is 17.1 Å². The van der Waals surface area contributed by atoms with E-state index in [0.29, 0.717) is 0 Å². The lowest BCUT2D eigenvalue weighted by atomic mass is 10.3. The van der Waals surface area contributed by atoms with Crippen molar-refractivity contribution >= 4 is 21.4 Å². The van der Waals surface area contributed by atoms with Gasteiger partial charge in [0.2, 0.25) is 5.91 Å². The normalized spacial score (nSPS) is 13.1. The van der Waals surface area contributed by atoms with Gasteiger partial charge in [0.1, 0.15) is 16.0 Å². The minimum atomic E-state index is -4.04. The second-order valence-corrected chi connectivity index (χ2v) is 5.73. The van der Waals surface area contributed by atoms with Crippen LogP contribution in [0.3, 0.4) is 0 Å². The fourth-order valence-corrected chi connectivity index (χ4v) is 2.65. The molecule has 0 aliphatic carbocycles. The van der Waals surface area contributed by atoms with E-state index in [2.05, 4.69) is 5.32 Å². The first-order valence-corrected chi connectivity index (χ1v) is 6.36. The average molecular weight is 260 g/mol. The molecule has 1 aromatic carbocycles. The van der Waals surface area contributed by atoms with Crippen LogP contribution in [0, 0.1) is 5.82 Å². The molecule has 0 aliphatic rings. The standard InChI is InChI=1S/C10H13FN2O3S/c1-6(10(14)13-2)17(15,16)9-4-3-7(12)5-8(9)11/h3-6H,12H2,1-2H3,(H,13,14). The molecule has 0 heterocycles. The molecule has 17 heavy (non-hydrogen) atoms. The highest BCUT2D eigenvalue weighted by Crippen LogP contribution is 2.21. The van der Waals surface area contributed by atoms with Gasteiger partial charge in [0, 0.05) is 12.7 Å².